The van der Waals surface area contributed by atoms with Crippen molar-refractivity contribution < 1.29 is 22.4 Å². The van der Waals surface area contributed by atoms with Crippen LogP contribution in [0.2, 0.25) is 5.02 Å². The predicted octanol–water partition coefficient (Wildman–Crippen LogP) is 2.86. The molecular formula is C19H22ClN3O5S. The maximum absolute atomic E-state index is 12.9. The summed E-state index contributed by atoms with van der Waals surface area (Å²) >= 11 is 6.14. The quantitative estimate of drug-likeness (QED) is 0.719. The van der Waals surface area contributed by atoms with Gasteiger partial charge in [0.1, 0.15) is 10.9 Å². The van der Waals surface area contributed by atoms with Crippen LogP contribution in [0, 0.1) is 0 Å². The number of amides is 2. The molecule has 8 nitrogen and oxygen atoms in total. The Morgan fingerprint density at radius 1 is 1.17 bits per heavy atom. The van der Waals surface area contributed by atoms with Crippen LogP contribution in [0.15, 0.2) is 45.9 Å². The van der Waals surface area contributed by atoms with Gasteiger partial charge in [-0.15, -0.1) is 0 Å². The molecule has 0 spiro atoms. The lowest BCUT2D eigenvalue weighted by atomic mass is 10.2. The average Bonchev–Trinajstić information content (AvgIpc) is 3.25. The second-order valence-corrected chi connectivity index (χ2v) is 9.09. The zero-order chi connectivity index (χ0) is 21.0. The molecule has 0 unspecified atom stereocenters. The van der Waals surface area contributed by atoms with E-state index in [1.54, 1.807) is 6.07 Å². The van der Waals surface area contributed by atoms with Crippen LogP contribution in [-0.2, 0) is 14.8 Å². The van der Waals surface area contributed by atoms with E-state index in [1.165, 1.54) is 41.8 Å². The first-order valence-electron chi connectivity index (χ1n) is 9.24. The predicted molar refractivity (Wildman–Crippen MR) is 108 cm³/mol. The highest BCUT2D eigenvalue weighted by Gasteiger charge is 2.28. The Bertz CT molecular complexity index is 985. The van der Waals surface area contributed by atoms with Crippen LogP contribution in [0.3, 0.4) is 0 Å². The van der Waals surface area contributed by atoms with E-state index in [4.69, 9.17) is 16.0 Å². The number of carbonyl (C=O) groups excluding carboxylic acids is 2. The van der Waals surface area contributed by atoms with Crippen LogP contribution in [0.1, 0.15) is 36.7 Å². The summed E-state index contributed by atoms with van der Waals surface area (Å²) < 4.78 is 32.2. The first-order chi connectivity index (χ1) is 13.8. The van der Waals surface area contributed by atoms with E-state index in [9.17, 15) is 18.0 Å². The molecule has 156 valence electrons. The Kier molecular flexibility index (Phi) is 6.61. The normalized spacial score (nSPS) is 16.2. The Labute approximate surface area is 174 Å². The lowest BCUT2D eigenvalue weighted by Crippen LogP contribution is -2.41. The molecule has 1 aromatic heterocycles. The van der Waals surface area contributed by atoms with Crippen LogP contribution in [0.25, 0.3) is 0 Å². The van der Waals surface area contributed by atoms with Gasteiger partial charge in [-0.05, 0) is 50.1 Å². The zero-order valence-electron chi connectivity index (χ0n) is 15.9. The van der Waals surface area contributed by atoms with Crippen molar-refractivity contribution in [1.82, 2.24) is 9.62 Å². The smallest absolute Gasteiger partial charge is 0.287 e. The maximum atomic E-state index is 12.9. The average molecular weight is 440 g/mol. The minimum Gasteiger partial charge on any atom is -0.459 e. The van der Waals surface area contributed by atoms with Gasteiger partial charge < -0.3 is 15.1 Å². The van der Waals surface area contributed by atoms with Crippen LogP contribution >= 0.6 is 11.6 Å². The third-order valence-electron chi connectivity index (χ3n) is 4.62. The van der Waals surface area contributed by atoms with Gasteiger partial charge in [0.05, 0.1) is 11.3 Å². The third kappa shape index (κ3) is 4.98. The Hall–Kier alpha value is -2.36. The standard InChI is InChI=1S/C19H22ClN3O5S/c1-13(21-19(25)16-6-5-11-28-16)18(24)22-14-7-8-15(20)17(12-14)29(26,27)23-9-3-2-4-10-23/h5-8,11-13H,2-4,9-10H2,1H3,(H,21,25)(H,22,24)/t13-/m1/s1. The van der Waals surface area contributed by atoms with Crippen molar-refractivity contribution in [2.75, 3.05) is 18.4 Å². The zero-order valence-corrected chi connectivity index (χ0v) is 17.4. The summed E-state index contributed by atoms with van der Waals surface area (Å²) in [5.41, 5.74) is 0.272. The fourth-order valence-electron chi connectivity index (χ4n) is 3.01. The lowest BCUT2D eigenvalue weighted by molar-refractivity contribution is -0.117. The number of hydrogen-bond donors (Lipinski definition) is 2. The third-order valence-corrected chi connectivity index (χ3v) is 7.00. The number of carbonyl (C=O) groups is 2. The van der Waals surface area contributed by atoms with Crippen molar-refractivity contribution in [2.45, 2.75) is 37.1 Å². The Balaban J connectivity index is 1.72. The number of nitrogens with zero attached hydrogens (tertiary/aromatic N) is 1. The van der Waals surface area contributed by atoms with E-state index < -0.39 is 27.9 Å². The second kappa shape index (κ2) is 8.98. The molecule has 1 aliphatic heterocycles. The van der Waals surface area contributed by atoms with Crippen molar-refractivity contribution in [1.29, 1.82) is 0 Å². The van der Waals surface area contributed by atoms with E-state index in [2.05, 4.69) is 10.6 Å². The van der Waals surface area contributed by atoms with Crippen LogP contribution in [0.4, 0.5) is 5.69 Å². The van der Waals surface area contributed by atoms with Gasteiger partial charge in [-0.2, -0.15) is 4.31 Å². The Morgan fingerprint density at radius 3 is 2.55 bits per heavy atom. The summed E-state index contributed by atoms with van der Waals surface area (Å²) in [7, 11) is -3.75. The minimum absolute atomic E-state index is 0.0499. The van der Waals surface area contributed by atoms with Crippen LogP contribution in [0.5, 0.6) is 0 Å². The summed E-state index contributed by atoms with van der Waals surface area (Å²) in [5, 5.41) is 5.21. The van der Waals surface area contributed by atoms with Gasteiger partial charge in [-0.3, -0.25) is 9.59 Å². The van der Waals surface area contributed by atoms with E-state index in [-0.39, 0.29) is 21.4 Å². The van der Waals surface area contributed by atoms with Crippen molar-refractivity contribution in [3.05, 3.63) is 47.4 Å². The van der Waals surface area contributed by atoms with E-state index >= 15 is 0 Å². The topological polar surface area (TPSA) is 109 Å². The van der Waals surface area contributed by atoms with Gasteiger partial charge in [-0.1, -0.05) is 18.0 Å². The molecular weight excluding hydrogens is 418 g/mol. The molecule has 2 N–H and O–H groups in total. The number of halogens is 1. The van der Waals surface area contributed by atoms with Crippen LogP contribution in [-0.4, -0.2) is 43.7 Å². The van der Waals surface area contributed by atoms with E-state index in [0.29, 0.717) is 13.1 Å². The van der Waals surface area contributed by atoms with E-state index in [1.807, 2.05) is 0 Å². The van der Waals surface area contributed by atoms with Gasteiger partial charge in [0.25, 0.3) is 5.91 Å². The first kappa shape index (κ1) is 21.4. The SMILES string of the molecule is C[C@@H](NC(=O)c1ccco1)C(=O)Nc1ccc(Cl)c(S(=O)(=O)N2CCCCC2)c1. The number of piperidine rings is 1. The molecule has 1 saturated heterocycles. The first-order valence-corrected chi connectivity index (χ1v) is 11.1. The molecule has 1 aliphatic rings. The molecule has 2 heterocycles. The highest BCUT2D eigenvalue weighted by molar-refractivity contribution is 7.89. The van der Waals surface area contributed by atoms with Gasteiger partial charge in [0.2, 0.25) is 15.9 Å². The molecule has 0 aliphatic carbocycles. The Morgan fingerprint density at radius 2 is 1.90 bits per heavy atom. The molecule has 1 aromatic carbocycles. The highest BCUT2D eigenvalue weighted by Crippen LogP contribution is 2.29. The summed E-state index contributed by atoms with van der Waals surface area (Å²) in [5.74, 6) is -0.943. The number of benzene rings is 1. The van der Waals surface area contributed by atoms with Crippen LogP contribution < -0.4 is 10.6 Å². The maximum Gasteiger partial charge on any atom is 0.287 e. The van der Waals surface area contributed by atoms with Crippen molar-refractivity contribution >= 4 is 39.1 Å². The van der Waals surface area contributed by atoms with Gasteiger partial charge in [0.15, 0.2) is 5.76 Å². The van der Waals surface area contributed by atoms with Crippen molar-refractivity contribution in [2.24, 2.45) is 0 Å². The van der Waals surface area contributed by atoms with Crippen molar-refractivity contribution in [3.8, 4) is 0 Å². The number of furan rings is 1. The fourth-order valence-corrected chi connectivity index (χ4v) is 5.03. The largest absolute Gasteiger partial charge is 0.459 e. The molecule has 2 amide bonds. The summed E-state index contributed by atoms with van der Waals surface area (Å²) in [6.07, 6.45) is 3.97. The molecule has 0 radical (unpaired) electrons. The molecule has 0 saturated carbocycles. The number of nitrogens with one attached hydrogen (secondary N) is 2. The van der Waals surface area contributed by atoms with Gasteiger partial charge in [0, 0.05) is 18.8 Å². The molecule has 10 heteroatoms. The molecule has 3 rings (SSSR count). The summed E-state index contributed by atoms with van der Waals surface area (Å²) in [6.45, 7) is 2.41. The highest BCUT2D eigenvalue weighted by atomic mass is 35.5. The number of sulfonamides is 1. The van der Waals surface area contributed by atoms with E-state index in [0.717, 1.165) is 19.3 Å². The monoisotopic (exact) mass is 439 g/mol. The molecule has 29 heavy (non-hydrogen) atoms. The molecule has 1 fully saturated rings. The lowest BCUT2D eigenvalue weighted by Gasteiger charge is -2.26. The van der Waals surface area contributed by atoms with Gasteiger partial charge in [-0.25, -0.2) is 8.42 Å². The fraction of sp³-hybridized carbons (Fsp3) is 0.368. The molecule has 2 aromatic rings. The van der Waals surface area contributed by atoms with Gasteiger partial charge >= 0.3 is 0 Å². The second-order valence-electron chi connectivity index (χ2n) is 6.77. The number of hydrogen-bond acceptors (Lipinski definition) is 5. The summed E-state index contributed by atoms with van der Waals surface area (Å²) in [4.78, 5) is 24.4. The molecule has 1 atom stereocenters. The number of anilines is 1. The minimum atomic E-state index is -3.75. The van der Waals surface area contributed by atoms with Crippen molar-refractivity contribution in [3.63, 3.8) is 0 Å². The molecule has 0 bridgehead atoms. The summed E-state index contributed by atoms with van der Waals surface area (Å²) in [6, 6.07) is 6.46. The number of rotatable bonds is 6.